The lowest BCUT2D eigenvalue weighted by Gasteiger charge is -2.27. The van der Waals surface area contributed by atoms with Gasteiger partial charge in [0.2, 0.25) is 5.95 Å². The van der Waals surface area contributed by atoms with Crippen LogP contribution in [-0.4, -0.2) is 60.1 Å². The largest absolute Gasteiger partial charge is 0.378 e. The van der Waals surface area contributed by atoms with Gasteiger partial charge in [0.25, 0.3) is 5.56 Å². The molecule has 5 rings (SSSR count). The standard InChI is InChI=1S/C19H20N6O2S/c26-17-15(18-22-13-3-1-2-4-14(13)28-18)16(21-12-5-6-20-11-12)23-19(24-17)25-7-9-27-10-8-25/h1-4,20H,5-11H2,(H,23,24,26)/b21-12-. The summed E-state index contributed by atoms with van der Waals surface area (Å²) in [5.74, 6) is 0.992. The van der Waals surface area contributed by atoms with Gasteiger partial charge in [-0.2, -0.15) is 4.98 Å². The molecule has 1 aromatic carbocycles. The van der Waals surface area contributed by atoms with Crippen molar-refractivity contribution in [3.8, 4) is 10.6 Å². The van der Waals surface area contributed by atoms with Crippen LogP contribution in [0.1, 0.15) is 6.42 Å². The van der Waals surface area contributed by atoms with E-state index in [1.54, 1.807) is 0 Å². The summed E-state index contributed by atoms with van der Waals surface area (Å²) in [7, 11) is 0. The zero-order chi connectivity index (χ0) is 18.9. The van der Waals surface area contributed by atoms with Gasteiger partial charge in [-0.1, -0.05) is 12.1 Å². The number of fused-ring (bicyclic) bond motifs is 1. The van der Waals surface area contributed by atoms with Gasteiger partial charge >= 0.3 is 0 Å². The number of rotatable bonds is 3. The van der Waals surface area contributed by atoms with Gasteiger partial charge in [0.15, 0.2) is 5.82 Å². The van der Waals surface area contributed by atoms with E-state index in [1.165, 1.54) is 11.3 Å². The molecule has 2 fully saturated rings. The Morgan fingerprint density at radius 3 is 2.82 bits per heavy atom. The summed E-state index contributed by atoms with van der Waals surface area (Å²) in [6.07, 6.45) is 0.862. The molecule has 144 valence electrons. The quantitative estimate of drug-likeness (QED) is 0.703. The maximum atomic E-state index is 13.1. The van der Waals surface area contributed by atoms with Crippen LogP contribution in [0.2, 0.25) is 0 Å². The third kappa shape index (κ3) is 3.32. The summed E-state index contributed by atoms with van der Waals surface area (Å²) in [5.41, 5.74) is 2.12. The SMILES string of the molecule is O=c1[nH]c(N2CCOCC2)nc(/N=C2/CCNC2)c1-c1nc2ccccc2s1. The highest BCUT2D eigenvalue weighted by Gasteiger charge is 2.22. The number of morpholine rings is 1. The Bertz CT molecular complexity index is 1060. The summed E-state index contributed by atoms with van der Waals surface area (Å²) in [5, 5.41) is 3.93. The van der Waals surface area contributed by atoms with Crippen LogP contribution in [-0.2, 0) is 4.74 Å². The number of para-hydroxylation sites is 1. The molecule has 3 aromatic rings. The molecule has 0 unspecified atom stereocenters. The Balaban J connectivity index is 1.66. The second kappa shape index (κ2) is 7.42. The number of hydrogen-bond acceptors (Lipinski definition) is 8. The van der Waals surface area contributed by atoms with Crippen LogP contribution in [0.5, 0.6) is 0 Å². The lowest BCUT2D eigenvalue weighted by Crippen LogP contribution is -2.38. The number of ether oxygens (including phenoxy) is 1. The topological polar surface area (TPSA) is 95.5 Å². The van der Waals surface area contributed by atoms with Crippen LogP contribution in [0, 0.1) is 0 Å². The first kappa shape index (κ1) is 17.5. The van der Waals surface area contributed by atoms with E-state index in [2.05, 4.69) is 15.3 Å². The summed E-state index contributed by atoms with van der Waals surface area (Å²) < 4.78 is 6.45. The molecule has 2 saturated heterocycles. The van der Waals surface area contributed by atoms with Crippen molar-refractivity contribution in [1.29, 1.82) is 0 Å². The van der Waals surface area contributed by atoms with E-state index in [0.717, 1.165) is 35.4 Å². The van der Waals surface area contributed by atoms with Gasteiger partial charge in [0, 0.05) is 31.9 Å². The van der Waals surface area contributed by atoms with Crippen LogP contribution in [0.25, 0.3) is 20.8 Å². The predicted octanol–water partition coefficient (Wildman–Crippen LogP) is 1.95. The smallest absolute Gasteiger partial charge is 0.264 e. The Labute approximate surface area is 165 Å². The Kier molecular flexibility index (Phi) is 4.63. The summed E-state index contributed by atoms with van der Waals surface area (Å²) in [6, 6.07) is 7.87. The van der Waals surface area contributed by atoms with Crippen molar-refractivity contribution in [3.05, 3.63) is 34.6 Å². The van der Waals surface area contributed by atoms with Crippen molar-refractivity contribution >= 4 is 39.0 Å². The highest BCUT2D eigenvalue weighted by molar-refractivity contribution is 7.21. The molecule has 0 amide bonds. The fourth-order valence-corrected chi connectivity index (χ4v) is 4.43. The first-order valence-corrected chi connectivity index (χ1v) is 10.2. The van der Waals surface area contributed by atoms with Gasteiger partial charge in [-0.05, 0) is 18.6 Å². The normalized spacial score (nSPS) is 19.0. The number of benzene rings is 1. The van der Waals surface area contributed by atoms with Crippen LogP contribution in [0.15, 0.2) is 34.1 Å². The second-order valence-corrected chi connectivity index (χ2v) is 7.81. The zero-order valence-corrected chi connectivity index (χ0v) is 16.1. The highest BCUT2D eigenvalue weighted by atomic mass is 32.1. The molecule has 0 saturated carbocycles. The van der Waals surface area contributed by atoms with E-state index in [0.29, 0.717) is 48.6 Å². The molecule has 2 aliphatic heterocycles. The first-order chi connectivity index (χ1) is 13.8. The van der Waals surface area contributed by atoms with Crippen molar-refractivity contribution < 1.29 is 4.74 Å². The number of aromatic nitrogens is 3. The van der Waals surface area contributed by atoms with Crippen molar-refractivity contribution in [3.63, 3.8) is 0 Å². The van der Waals surface area contributed by atoms with Crippen LogP contribution in [0.3, 0.4) is 0 Å². The van der Waals surface area contributed by atoms with Crippen LogP contribution in [0.4, 0.5) is 11.8 Å². The molecule has 2 N–H and O–H groups in total. The van der Waals surface area contributed by atoms with E-state index >= 15 is 0 Å². The monoisotopic (exact) mass is 396 g/mol. The average molecular weight is 396 g/mol. The van der Waals surface area contributed by atoms with Crippen molar-refractivity contribution in [2.75, 3.05) is 44.3 Å². The fraction of sp³-hybridized carbons (Fsp3) is 0.368. The predicted molar refractivity (Wildman–Crippen MR) is 111 cm³/mol. The van der Waals surface area contributed by atoms with Gasteiger partial charge in [-0.3, -0.25) is 9.78 Å². The fourth-order valence-electron chi connectivity index (χ4n) is 3.43. The van der Waals surface area contributed by atoms with Crippen molar-refractivity contribution in [1.82, 2.24) is 20.3 Å². The minimum absolute atomic E-state index is 0.208. The second-order valence-electron chi connectivity index (χ2n) is 6.78. The van der Waals surface area contributed by atoms with Crippen LogP contribution >= 0.6 is 11.3 Å². The van der Waals surface area contributed by atoms with Crippen molar-refractivity contribution in [2.24, 2.45) is 4.99 Å². The van der Waals surface area contributed by atoms with E-state index in [9.17, 15) is 4.79 Å². The minimum atomic E-state index is -0.208. The summed E-state index contributed by atoms with van der Waals surface area (Å²) in [4.78, 5) is 32.2. The van der Waals surface area contributed by atoms with E-state index in [4.69, 9.17) is 14.7 Å². The molecule has 28 heavy (non-hydrogen) atoms. The number of nitrogens with one attached hydrogen (secondary N) is 2. The number of nitrogens with zero attached hydrogens (tertiary/aromatic N) is 4. The van der Waals surface area contributed by atoms with E-state index in [-0.39, 0.29) is 5.56 Å². The number of aromatic amines is 1. The van der Waals surface area contributed by atoms with Gasteiger partial charge < -0.3 is 15.0 Å². The number of H-pyrrole nitrogens is 1. The molecule has 8 nitrogen and oxygen atoms in total. The lowest BCUT2D eigenvalue weighted by molar-refractivity contribution is 0.122. The number of anilines is 1. The molecule has 0 spiro atoms. The van der Waals surface area contributed by atoms with Crippen molar-refractivity contribution in [2.45, 2.75) is 6.42 Å². The first-order valence-electron chi connectivity index (χ1n) is 9.38. The summed E-state index contributed by atoms with van der Waals surface area (Å²) in [6.45, 7) is 4.26. The number of hydrogen-bond donors (Lipinski definition) is 2. The molecule has 0 radical (unpaired) electrons. The Morgan fingerprint density at radius 1 is 1.18 bits per heavy atom. The Hall–Kier alpha value is -2.62. The van der Waals surface area contributed by atoms with Gasteiger partial charge in [0.1, 0.15) is 10.6 Å². The molecule has 9 heteroatoms. The summed E-state index contributed by atoms with van der Waals surface area (Å²) >= 11 is 1.49. The molecule has 2 aromatic heterocycles. The molecule has 0 atom stereocenters. The average Bonchev–Trinajstić information content (AvgIpc) is 3.37. The van der Waals surface area contributed by atoms with Gasteiger partial charge in [0.05, 0.1) is 23.4 Å². The molecule has 2 aliphatic rings. The Morgan fingerprint density at radius 2 is 2.04 bits per heavy atom. The van der Waals surface area contributed by atoms with Gasteiger partial charge in [-0.15, -0.1) is 11.3 Å². The van der Waals surface area contributed by atoms with Crippen LogP contribution < -0.4 is 15.8 Å². The third-order valence-electron chi connectivity index (χ3n) is 4.89. The maximum absolute atomic E-state index is 13.1. The third-order valence-corrected chi connectivity index (χ3v) is 5.94. The number of aliphatic imine (C=N–C) groups is 1. The van der Waals surface area contributed by atoms with Gasteiger partial charge in [-0.25, -0.2) is 9.98 Å². The molecule has 0 bridgehead atoms. The zero-order valence-electron chi connectivity index (χ0n) is 15.3. The number of thiazole rings is 1. The molecule has 0 aliphatic carbocycles. The lowest BCUT2D eigenvalue weighted by atomic mass is 10.3. The van der Waals surface area contributed by atoms with E-state index < -0.39 is 0 Å². The molecular formula is C19H20N6O2S. The maximum Gasteiger partial charge on any atom is 0.264 e. The van der Waals surface area contributed by atoms with E-state index in [1.807, 2.05) is 29.2 Å². The molecular weight excluding hydrogens is 376 g/mol. The molecule has 4 heterocycles. The minimum Gasteiger partial charge on any atom is -0.378 e. The highest BCUT2D eigenvalue weighted by Crippen LogP contribution is 2.33.